The summed E-state index contributed by atoms with van der Waals surface area (Å²) in [7, 11) is 1.57. The second-order valence-corrected chi connectivity index (χ2v) is 8.88. The smallest absolute Gasteiger partial charge is 0.258 e. The quantitative estimate of drug-likeness (QED) is 0.540. The van der Waals surface area contributed by atoms with Gasteiger partial charge in [-0.15, -0.1) is 0 Å². The minimum atomic E-state index is -0.280. The van der Waals surface area contributed by atoms with E-state index in [2.05, 4.69) is 20.2 Å². The van der Waals surface area contributed by atoms with E-state index in [1.165, 1.54) is 6.42 Å². The number of nitrogens with zero attached hydrogens (tertiary/aromatic N) is 3. The summed E-state index contributed by atoms with van der Waals surface area (Å²) in [5.41, 5.74) is 2.16. The van der Waals surface area contributed by atoms with E-state index in [1.807, 2.05) is 36.4 Å². The average molecular weight is 465 g/mol. The standard InChI is InChI=1S/C25H25ClN4O3/c1-32-22-8-7-17(9-21(22)26)15-33-24-20(23(31)27-11-16-5-3-2-4-6-16)12-28-25(29-24)30-13-18-10-19(18)14-30/h2-9,12,18-19H,10-11,13-15H2,1H3,(H,27,31). The van der Waals surface area contributed by atoms with Gasteiger partial charge in [0.15, 0.2) is 0 Å². The number of methoxy groups -OCH3 is 1. The summed E-state index contributed by atoms with van der Waals surface area (Å²) < 4.78 is 11.2. The third-order valence-electron chi connectivity index (χ3n) is 6.14. The predicted molar refractivity (Wildman–Crippen MR) is 126 cm³/mol. The number of fused-ring (bicyclic) bond motifs is 1. The van der Waals surface area contributed by atoms with Crippen molar-refractivity contribution >= 4 is 23.5 Å². The van der Waals surface area contributed by atoms with Crippen LogP contribution in [0.15, 0.2) is 54.7 Å². The van der Waals surface area contributed by atoms with Crippen molar-refractivity contribution < 1.29 is 14.3 Å². The van der Waals surface area contributed by atoms with E-state index in [9.17, 15) is 4.79 Å². The molecule has 8 heteroatoms. The lowest BCUT2D eigenvalue weighted by molar-refractivity contribution is 0.0945. The van der Waals surface area contributed by atoms with Gasteiger partial charge in [-0.3, -0.25) is 4.79 Å². The summed E-state index contributed by atoms with van der Waals surface area (Å²) in [5.74, 6) is 2.67. The third-order valence-corrected chi connectivity index (χ3v) is 6.43. The summed E-state index contributed by atoms with van der Waals surface area (Å²) in [5, 5.41) is 3.43. The number of nitrogens with one attached hydrogen (secondary N) is 1. The van der Waals surface area contributed by atoms with Crippen molar-refractivity contribution in [2.45, 2.75) is 19.6 Å². The summed E-state index contributed by atoms with van der Waals surface area (Å²) in [6.07, 6.45) is 2.85. The van der Waals surface area contributed by atoms with Gasteiger partial charge in [0, 0.05) is 25.8 Å². The van der Waals surface area contributed by atoms with Gasteiger partial charge < -0.3 is 19.7 Å². The van der Waals surface area contributed by atoms with E-state index in [0.717, 1.165) is 36.1 Å². The minimum Gasteiger partial charge on any atom is -0.495 e. The summed E-state index contributed by atoms with van der Waals surface area (Å²) in [6.45, 7) is 2.53. The molecule has 0 radical (unpaired) electrons. The zero-order valence-corrected chi connectivity index (χ0v) is 19.1. The number of carbonyl (C=O) groups excluding carboxylic acids is 1. The van der Waals surface area contributed by atoms with Crippen LogP contribution in [0.2, 0.25) is 5.02 Å². The monoisotopic (exact) mass is 464 g/mol. The molecule has 2 unspecified atom stereocenters. The molecule has 170 valence electrons. The molecule has 2 aromatic carbocycles. The molecule has 1 saturated heterocycles. The molecular weight excluding hydrogens is 440 g/mol. The summed E-state index contributed by atoms with van der Waals surface area (Å²) in [6, 6.07) is 15.2. The van der Waals surface area contributed by atoms with E-state index in [1.54, 1.807) is 25.4 Å². The third kappa shape index (κ3) is 4.88. The number of halogens is 1. The second kappa shape index (κ2) is 9.27. The SMILES string of the molecule is COc1ccc(COc2nc(N3CC4CC4C3)ncc2C(=O)NCc2ccccc2)cc1Cl. The van der Waals surface area contributed by atoms with Crippen LogP contribution < -0.4 is 19.7 Å². The fraction of sp³-hybridized carbons (Fsp3) is 0.320. The molecular formula is C25H25ClN4O3. The topological polar surface area (TPSA) is 76.6 Å². The molecule has 2 atom stereocenters. The van der Waals surface area contributed by atoms with Gasteiger partial charge >= 0.3 is 0 Å². The van der Waals surface area contributed by atoms with Crippen molar-refractivity contribution in [1.29, 1.82) is 0 Å². The highest BCUT2D eigenvalue weighted by Crippen LogP contribution is 2.45. The van der Waals surface area contributed by atoms with E-state index in [4.69, 9.17) is 21.1 Å². The van der Waals surface area contributed by atoms with E-state index < -0.39 is 0 Å². The molecule has 1 saturated carbocycles. The molecule has 0 bridgehead atoms. The lowest BCUT2D eigenvalue weighted by atomic mass is 10.2. The fourth-order valence-corrected chi connectivity index (χ4v) is 4.44. The van der Waals surface area contributed by atoms with Crippen LogP contribution in [0.4, 0.5) is 5.95 Å². The maximum absolute atomic E-state index is 13.0. The van der Waals surface area contributed by atoms with Gasteiger partial charge in [-0.2, -0.15) is 4.98 Å². The number of ether oxygens (including phenoxy) is 2. The second-order valence-electron chi connectivity index (χ2n) is 8.48. The molecule has 3 aromatic rings. The Balaban J connectivity index is 1.35. The Morgan fingerprint density at radius 2 is 1.94 bits per heavy atom. The molecule has 1 aliphatic heterocycles. The number of benzene rings is 2. The van der Waals surface area contributed by atoms with Crippen LogP contribution in [0, 0.1) is 11.8 Å². The van der Waals surface area contributed by atoms with Gasteiger partial charge in [0.2, 0.25) is 11.8 Å². The number of hydrogen-bond donors (Lipinski definition) is 1. The molecule has 1 aromatic heterocycles. The predicted octanol–water partition coefficient (Wildman–Crippen LogP) is 4.10. The van der Waals surface area contributed by atoms with Gasteiger partial charge in [-0.05, 0) is 41.5 Å². The average Bonchev–Trinajstić information content (AvgIpc) is 3.46. The molecule has 1 aliphatic carbocycles. The first-order valence-electron chi connectivity index (χ1n) is 11.0. The van der Waals surface area contributed by atoms with Gasteiger partial charge in [0.25, 0.3) is 5.91 Å². The van der Waals surface area contributed by atoms with E-state index in [0.29, 0.717) is 28.8 Å². The molecule has 33 heavy (non-hydrogen) atoms. The van der Waals surface area contributed by atoms with Crippen molar-refractivity contribution in [3.8, 4) is 11.6 Å². The molecule has 1 amide bonds. The number of carbonyl (C=O) groups is 1. The van der Waals surface area contributed by atoms with Crippen LogP contribution in [0.1, 0.15) is 27.9 Å². The lowest BCUT2D eigenvalue weighted by Crippen LogP contribution is -2.27. The van der Waals surface area contributed by atoms with Gasteiger partial charge in [0.05, 0.1) is 12.1 Å². The van der Waals surface area contributed by atoms with Gasteiger partial charge in [-0.1, -0.05) is 48.0 Å². The summed E-state index contributed by atoms with van der Waals surface area (Å²) in [4.78, 5) is 24.2. The number of piperidine rings is 1. The molecule has 2 fully saturated rings. The van der Waals surface area contributed by atoms with Crippen molar-refractivity contribution in [2.24, 2.45) is 11.8 Å². The highest BCUT2D eigenvalue weighted by atomic mass is 35.5. The normalized spacial score (nSPS) is 18.5. The lowest BCUT2D eigenvalue weighted by Gasteiger charge is -2.19. The fourth-order valence-electron chi connectivity index (χ4n) is 4.16. The van der Waals surface area contributed by atoms with Gasteiger partial charge in [0.1, 0.15) is 17.9 Å². The van der Waals surface area contributed by atoms with Crippen LogP contribution in [-0.4, -0.2) is 36.1 Å². The Hall–Kier alpha value is -3.32. The Labute approximate surface area is 197 Å². The zero-order chi connectivity index (χ0) is 22.8. The maximum Gasteiger partial charge on any atom is 0.258 e. The highest BCUT2D eigenvalue weighted by molar-refractivity contribution is 6.32. The number of amides is 1. The molecule has 2 aliphatic rings. The number of aromatic nitrogens is 2. The van der Waals surface area contributed by atoms with Gasteiger partial charge in [-0.25, -0.2) is 4.98 Å². The van der Waals surface area contributed by atoms with E-state index in [-0.39, 0.29) is 18.4 Å². The minimum absolute atomic E-state index is 0.213. The molecule has 1 N–H and O–H groups in total. The van der Waals surface area contributed by atoms with Crippen LogP contribution in [0.25, 0.3) is 0 Å². The number of anilines is 1. The number of hydrogen-bond acceptors (Lipinski definition) is 6. The molecule has 7 nitrogen and oxygen atoms in total. The Morgan fingerprint density at radius 3 is 2.67 bits per heavy atom. The van der Waals surface area contributed by atoms with Crippen LogP contribution in [0.3, 0.4) is 0 Å². The van der Waals surface area contributed by atoms with Crippen molar-refractivity contribution in [2.75, 3.05) is 25.1 Å². The zero-order valence-electron chi connectivity index (χ0n) is 18.3. The van der Waals surface area contributed by atoms with Crippen LogP contribution in [0.5, 0.6) is 11.6 Å². The maximum atomic E-state index is 13.0. The van der Waals surface area contributed by atoms with Crippen molar-refractivity contribution in [1.82, 2.24) is 15.3 Å². The first-order valence-corrected chi connectivity index (χ1v) is 11.4. The van der Waals surface area contributed by atoms with Crippen molar-refractivity contribution in [3.63, 3.8) is 0 Å². The summed E-state index contributed by atoms with van der Waals surface area (Å²) >= 11 is 6.24. The Morgan fingerprint density at radius 1 is 1.15 bits per heavy atom. The first-order chi connectivity index (χ1) is 16.1. The number of rotatable bonds is 8. The highest BCUT2D eigenvalue weighted by Gasteiger charge is 2.46. The van der Waals surface area contributed by atoms with Crippen LogP contribution in [-0.2, 0) is 13.2 Å². The largest absolute Gasteiger partial charge is 0.495 e. The molecule has 0 spiro atoms. The van der Waals surface area contributed by atoms with E-state index >= 15 is 0 Å². The van der Waals surface area contributed by atoms with Crippen molar-refractivity contribution in [3.05, 3.63) is 76.4 Å². The van der Waals surface area contributed by atoms with Crippen LogP contribution >= 0.6 is 11.6 Å². The molecule has 2 heterocycles. The Kier molecular flexibility index (Phi) is 6.05. The Bertz CT molecular complexity index is 1150. The first kappa shape index (κ1) is 21.5. The molecule has 5 rings (SSSR count).